The summed E-state index contributed by atoms with van der Waals surface area (Å²) in [6.45, 7) is 3.74. The van der Waals surface area contributed by atoms with Crippen LogP contribution in [0.3, 0.4) is 0 Å². The second-order valence-corrected chi connectivity index (χ2v) is 18.6. The Kier molecular flexibility index (Phi) is 36.1. The molecule has 12 nitrogen and oxygen atoms in total. The van der Waals surface area contributed by atoms with Crippen molar-refractivity contribution in [3.05, 3.63) is 24.3 Å². The van der Waals surface area contributed by atoms with E-state index in [-0.39, 0.29) is 19.4 Å². The van der Waals surface area contributed by atoms with Gasteiger partial charge in [0.1, 0.15) is 36.8 Å². The first-order valence-corrected chi connectivity index (χ1v) is 26.0. The molecule has 61 heavy (non-hydrogen) atoms. The fraction of sp³-hybridized carbons (Fsp3) is 0.875. The maximum absolute atomic E-state index is 12.8. The van der Waals surface area contributed by atoms with Gasteiger partial charge in [0.25, 0.3) is 10.1 Å². The summed E-state index contributed by atoms with van der Waals surface area (Å²) in [4.78, 5) is 25.4. The first-order chi connectivity index (χ1) is 29.5. The molecule has 0 bridgehead atoms. The van der Waals surface area contributed by atoms with Crippen molar-refractivity contribution in [3.63, 3.8) is 0 Å². The largest absolute Gasteiger partial charge is 0.462 e. The molecule has 6 unspecified atom stereocenters. The van der Waals surface area contributed by atoms with E-state index in [1.54, 1.807) is 0 Å². The second kappa shape index (κ2) is 38.6. The first-order valence-electron chi connectivity index (χ1n) is 24.4. The van der Waals surface area contributed by atoms with Crippen LogP contribution in [0, 0.1) is 0 Å². The van der Waals surface area contributed by atoms with Gasteiger partial charge < -0.3 is 34.3 Å². The van der Waals surface area contributed by atoms with E-state index >= 15 is 0 Å². The Morgan fingerprint density at radius 3 is 1.39 bits per heavy atom. The van der Waals surface area contributed by atoms with Gasteiger partial charge in [-0.2, -0.15) is 8.42 Å². The van der Waals surface area contributed by atoms with E-state index in [9.17, 15) is 37.9 Å². The molecule has 0 aromatic carbocycles. The number of hydrogen-bond donors (Lipinski definition) is 4. The van der Waals surface area contributed by atoms with Crippen LogP contribution in [0.5, 0.6) is 0 Å². The van der Waals surface area contributed by atoms with Crippen molar-refractivity contribution in [3.8, 4) is 0 Å². The van der Waals surface area contributed by atoms with Crippen molar-refractivity contribution in [2.24, 2.45) is 0 Å². The molecule has 0 amide bonds. The lowest BCUT2D eigenvalue weighted by Crippen LogP contribution is -2.60. The summed E-state index contributed by atoms with van der Waals surface area (Å²) in [5.74, 6) is -1.99. The number of esters is 2. The molecule has 1 aliphatic heterocycles. The van der Waals surface area contributed by atoms with E-state index in [0.717, 1.165) is 57.8 Å². The molecule has 1 rings (SSSR count). The lowest BCUT2D eigenvalue weighted by atomic mass is 10.00. The van der Waals surface area contributed by atoms with Crippen LogP contribution in [-0.4, -0.2) is 96.0 Å². The van der Waals surface area contributed by atoms with E-state index in [2.05, 4.69) is 38.2 Å². The minimum absolute atomic E-state index is 0.162. The number of allylic oxidation sites excluding steroid dienone is 4. The van der Waals surface area contributed by atoms with Crippen LogP contribution in [0.15, 0.2) is 24.3 Å². The lowest BCUT2D eigenvalue weighted by molar-refractivity contribution is -0.297. The highest BCUT2D eigenvalue weighted by atomic mass is 32.2. The summed E-state index contributed by atoms with van der Waals surface area (Å²) in [6.07, 6.45) is 33.7. The van der Waals surface area contributed by atoms with Gasteiger partial charge in [0.15, 0.2) is 12.4 Å². The zero-order valence-corrected chi connectivity index (χ0v) is 39.1. The molecule has 13 heteroatoms. The van der Waals surface area contributed by atoms with Crippen molar-refractivity contribution < 1.29 is 56.8 Å². The van der Waals surface area contributed by atoms with Gasteiger partial charge in [-0.05, 0) is 64.2 Å². The van der Waals surface area contributed by atoms with Crippen molar-refractivity contribution in [2.75, 3.05) is 19.0 Å². The average molecular weight is 889 g/mol. The summed E-state index contributed by atoms with van der Waals surface area (Å²) in [5.41, 5.74) is 0. The molecule has 4 N–H and O–H groups in total. The Morgan fingerprint density at radius 2 is 0.934 bits per heavy atom. The fourth-order valence-electron chi connectivity index (χ4n) is 7.43. The molecule has 0 aliphatic carbocycles. The third kappa shape index (κ3) is 33.3. The van der Waals surface area contributed by atoms with Gasteiger partial charge in [0.05, 0.1) is 6.61 Å². The van der Waals surface area contributed by atoms with E-state index in [0.29, 0.717) is 12.8 Å². The molecular weight excluding hydrogens is 801 g/mol. The highest BCUT2D eigenvalue weighted by Gasteiger charge is 2.46. The van der Waals surface area contributed by atoms with Crippen LogP contribution < -0.4 is 0 Å². The van der Waals surface area contributed by atoms with Crippen LogP contribution in [0.2, 0.25) is 0 Å². The summed E-state index contributed by atoms with van der Waals surface area (Å²) >= 11 is 0. The summed E-state index contributed by atoms with van der Waals surface area (Å²) < 4.78 is 54.1. The Hall–Kier alpha value is -1.87. The van der Waals surface area contributed by atoms with Crippen molar-refractivity contribution in [2.45, 2.75) is 250 Å². The molecule has 0 saturated carbocycles. The number of carbonyl (C=O) groups is 2. The molecule has 1 saturated heterocycles. The monoisotopic (exact) mass is 889 g/mol. The minimum atomic E-state index is -4.60. The van der Waals surface area contributed by atoms with Gasteiger partial charge in [0.2, 0.25) is 0 Å². The molecular formula is C48H88O12S. The number of aliphatic hydroxyl groups is 3. The van der Waals surface area contributed by atoms with Crippen LogP contribution in [0.1, 0.15) is 213 Å². The highest BCUT2D eigenvalue weighted by Crippen LogP contribution is 2.24. The van der Waals surface area contributed by atoms with E-state index < -0.39 is 71.2 Å². The Bertz CT molecular complexity index is 1220. The normalized spacial score (nSPS) is 20.1. The van der Waals surface area contributed by atoms with E-state index in [4.69, 9.17) is 18.9 Å². The lowest BCUT2D eigenvalue weighted by Gasteiger charge is -2.40. The Morgan fingerprint density at radius 1 is 0.541 bits per heavy atom. The van der Waals surface area contributed by atoms with Crippen molar-refractivity contribution >= 4 is 22.1 Å². The number of unbranched alkanes of at least 4 members (excludes halogenated alkanes) is 25. The number of ether oxygens (including phenoxy) is 4. The Balaban J connectivity index is 2.38. The second-order valence-electron chi connectivity index (χ2n) is 17.1. The quantitative estimate of drug-likeness (QED) is 0.0197. The molecule has 0 radical (unpaired) electrons. The van der Waals surface area contributed by atoms with Gasteiger partial charge in [-0.25, -0.2) is 0 Å². The molecule has 1 fully saturated rings. The highest BCUT2D eigenvalue weighted by molar-refractivity contribution is 7.85. The van der Waals surface area contributed by atoms with Crippen LogP contribution in [0.25, 0.3) is 0 Å². The van der Waals surface area contributed by atoms with Gasteiger partial charge in [-0.3, -0.25) is 14.1 Å². The average Bonchev–Trinajstić information content (AvgIpc) is 3.22. The zero-order valence-electron chi connectivity index (χ0n) is 38.3. The maximum atomic E-state index is 12.8. The van der Waals surface area contributed by atoms with Crippen LogP contribution in [0.4, 0.5) is 0 Å². The molecule has 358 valence electrons. The summed E-state index contributed by atoms with van der Waals surface area (Å²) in [7, 11) is -4.60. The Labute approximate surface area is 370 Å². The van der Waals surface area contributed by atoms with Crippen molar-refractivity contribution in [1.29, 1.82) is 0 Å². The third-order valence-corrected chi connectivity index (χ3v) is 12.0. The minimum Gasteiger partial charge on any atom is -0.462 e. The fourth-order valence-corrected chi connectivity index (χ4v) is 8.12. The summed E-state index contributed by atoms with van der Waals surface area (Å²) in [5, 5.41) is 30.9. The predicted octanol–water partition coefficient (Wildman–Crippen LogP) is 10.4. The molecule has 0 aromatic rings. The molecule has 0 aromatic heterocycles. The van der Waals surface area contributed by atoms with Gasteiger partial charge in [0, 0.05) is 12.8 Å². The standard InChI is InChI=1S/C48H88O12S/c1-3-5-7-9-11-13-15-17-18-19-20-21-22-23-24-25-27-29-31-33-35-37-44(50)59-41(39-58-48-47(53)46(52)45(51)42(60-48)40-61(54,55)56)38-57-43(49)36-34-32-30-28-26-16-14-12-10-8-6-4-2/h12,14,19-20,41-42,45-48,51-53H,3-11,13,15-18,21-40H2,1-2H3,(H,54,55,56)/b14-12-,20-19-. The number of hydrogen-bond acceptors (Lipinski definition) is 11. The van der Waals surface area contributed by atoms with Gasteiger partial charge in [-0.1, -0.05) is 160 Å². The SMILES string of the molecule is CCCCC/C=C\CCCCCCCC(=O)OCC(COC1OC(CS(=O)(=O)O)C(O)C(O)C1O)OC(=O)CCCCCCCCCCC/C=C\CCCCCCCCCC. The van der Waals surface area contributed by atoms with Crippen LogP contribution in [-0.2, 0) is 38.7 Å². The number of aliphatic hydroxyl groups excluding tert-OH is 3. The molecule has 1 heterocycles. The number of carbonyl (C=O) groups excluding carboxylic acids is 2. The maximum Gasteiger partial charge on any atom is 0.306 e. The molecule has 0 spiro atoms. The summed E-state index contributed by atoms with van der Waals surface area (Å²) in [6, 6.07) is 0. The zero-order chi connectivity index (χ0) is 44.8. The van der Waals surface area contributed by atoms with Gasteiger partial charge in [-0.15, -0.1) is 0 Å². The van der Waals surface area contributed by atoms with Gasteiger partial charge >= 0.3 is 11.9 Å². The molecule has 6 atom stereocenters. The van der Waals surface area contributed by atoms with Crippen molar-refractivity contribution in [1.82, 2.24) is 0 Å². The van der Waals surface area contributed by atoms with Crippen LogP contribution >= 0.6 is 0 Å². The predicted molar refractivity (Wildman–Crippen MR) is 243 cm³/mol. The molecule has 1 aliphatic rings. The number of rotatable bonds is 41. The van der Waals surface area contributed by atoms with E-state index in [1.165, 1.54) is 116 Å². The van der Waals surface area contributed by atoms with E-state index in [1.807, 2.05) is 0 Å². The first kappa shape index (κ1) is 57.1. The third-order valence-electron chi connectivity index (χ3n) is 11.3. The smallest absolute Gasteiger partial charge is 0.306 e. The topological polar surface area (TPSA) is 186 Å².